The Morgan fingerprint density at radius 2 is 2.10 bits per heavy atom. The number of hydrogen-bond donors (Lipinski definition) is 1. The molecule has 0 amide bonds. The fourth-order valence-corrected chi connectivity index (χ4v) is 2.63. The highest BCUT2D eigenvalue weighted by molar-refractivity contribution is 5.54. The molecule has 1 saturated heterocycles. The van der Waals surface area contributed by atoms with Crippen molar-refractivity contribution >= 4 is 11.5 Å². The summed E-state index contributed by atoms with van der Waals surface area (Å²) in [6, 6.07) is 3.84. The number of rotatable bonds is 5. The van der Waals surface area contributed by atoms with Crippen LogP contribution in [-0.2, 0) is 0 Å². The molecule has 1 aliphatic heterocycles. The quantitative estimate of drug-likeness (QED) is 0.890. The van der Waals surface area contributed by atoms with Gasteiger partial charge in [-0.2, -0.15) is 4.98 Å². The molecule has 5 nitrogen and oxygen atoms in total. The Labute approximate surface area is 121 Å². The summed E-state index contributed by atoms with van der Waals surface area (Å²) in [6.07, 6.45) is 2.52. The third-order valence-corrected chi connectivity index (χ3v) is 3.92. The second kappa shape index (κ2) is 6.79. The van der Waals surface area contributed by atoms with Crippen LogP contribution in [0.4, 0.5) is 11.5 Å². The van der Waals surface area contributed by atoms with Crippen molar-refractivity contribution in [1.82, 2.24) is 9.88 Å². The topological polar surface area (TPSA) is 54.6 Å². The van der Waals surface area contributed by atoms with Crippen LogP contribution >= 0.6 is 0 Å². The van der Waals surface area contributed by atoms with Gasteiger partial charge in [-0.1, -0.05) is 0 Å². The maximum Gasteiger partial charge on any atom is 0.239 e. The van der Waals surface area contributed by atoms with Crippen LogP contribution in [0.3, 0.4) is 0 Å². The number of nitrogen functional groups attached to an aromatic ring is 1. The lowest BCUT2D eigenvalue weighted by Crippen LogP contribution is -2.36. The number of anilines is 2. The molecule has 20 heavy (non-hydrogen) atoms. The molecule has 112 valence electrons. The van der Waals surface area contributed by atoms with E-state index in [2.05, 4.69) is 28.9 Å². The predicted octanol–water partition coefficient (Wildman–Crippen LogP) is 1.84. The molecular formula is C15H26N4O. The van der Waals surface area contributed by atoms with Crippen LogP contribution < -0.4 is 15.4 Å². The predicted molar refractivity (Wildman–Crippen MR) is 83.3 cm³/mol. The largest absolute Gasteiger partial charge is 0.476 e. The zero-order valence-electron chi connectivity index (χ0n) is 12.8. The number of likely N-dealkylation sites (tertiary alicyclic amines) is 1. The second-order valence-corrected chi connectivity index (χ2v) is 5.62. The Morgan fingerprint density at radius 3 is 2.75 bits per heavy atom. The Hall–Kier alpha value is -1.49. The summed E-state index contributed by atoms with van der Waals surface area (Å²) in [7, 11) is 4.28. The minimum Gasteiger partial charge on any atom is -0.476 e. The molecule has 0 aromatic carbocycles. The molecular weight excluding hydrogens is 252 g/mol. The first-order chi connectivity index (χ1) is 9.60. The van der Waals surface area contributed by atoms with E-state index in [0.717, 1.165) is 18.3 Å². The van der Waals surface area contributed by atoms with Gasteiger partial charge in [0, 0.05) is 13.6 Å². The molecule has 0 saturated carbocycles. The van der Waals surface area contributed by atoms with Crippen LogP contribution in [0.2, 0.25) is 0 Å². The first kappa shape index (κ1) is 14.9. The van der Waals surface area contributed by atoms with Crippen molar-refractivity contribution in [3.63, 3.8) is 0 Å². The molecule has 1 aliphatic rings. The molecule has 0 spiro atoms. The Kier molecular flexibility index (Phi) is 5.06. The van der Waals surface area contributed by atoms with Gasteiger partial charge in [0.05, 0.1) is 12.3 Å². The third-order valence-electron chi connectivity index (χ3n) is 3.92. The lowest BCUT2D eigenvalue weighted by Gasteiger charge is -2.32. The van der Waals surface area contributed by atoms with Crippen molar-refractivity contribution < 1.29 is 4.74 Å². The molecule has 2 rings (SSSR count). The van der Waals surface area contributed by atoms with Gasteiger partial charge in [0.2, 0.25) is 5.88 Å². The Balaban J connectivity index is 1.98. The monoisotopic (exact) mass is 278 g/mol. The molecule has 0 atom stereocenters. The minimum absolute atomic E-state index is 0.542. The van der Waals surface area contributed by atoms with E-state index in [1.54, 1.807) is 0 Å². The van der Waals surface area contributed by atoms with Crippen LogP contribution in [-0.4, -0.2) is 50.2 Å². The van der Waals surface area contributed by atoms with Gasteiger partial charge in [-0.25, -0.2) is 0 Å². The summed E-state index contributed by atoms with van der Waals surface area (Å²) in [4.78, 5) is 9.11. The van der Waals surface area contributed by atoms with E-state index in [9.17, 15) is 0 Å². The SMILES string of the molecule is CCOc1nc(N(C)CC2CCN(C)CC2)ccc1N. The van der Waals surface area contributed by atoms with Crippen LogP contribution in [0, 0.1) is 5.92 Å². The number of nitrogens with zero attached hydrogens (tertiary/aromatic N) is 3. The lowest BCUT2D eigenvalue weighted by atomic mass is 9.97. The first-order valence-electron chi connectivity index (χ1n) is 7.39. The summed E-state index contributed by atoms with van der Waals surface area (Å²) >= 11 is 0. The van der Waals surface area contributed by atoms with Crippen molar-refractivity contribution in [2.24, 2.45) is 5.92 Å². The Morgan fingerprint density at radius 1 is 1.40 bits per heavy atom. The third kappa shape index (κ3) is 3.76. The molecule has 1 aromatic heterocycles. The summed E-state index contributed by atoms with van der Waals surface area (Å²) in [5.41, 5.74) is 6.46. The van der Waals surface area contributed by atoms with Crippen molar-refractivity contribution in [2.45, 2.75) is 19.8 Å². The van der Waals surface area contributed by atoms with E-state index in [4.69, 9.17) is 10.5 Å². The second-order valence-electron chi connectivity index (χ2n) is 5.62. The van der Waals surface area contributed by atoms with Gasteiger partial charge in [-0.3, -0.25) is 0 Å². The van der Waals surface area contributed by atoms with Crippen LogP contribution in [0.25, 0.3) is 0 Å². The molecule has 0 aliphatic carbocycles. The smallest absolute Gasteiger partial charge is 0.239 e. The first-order valence-corrected chi connectivity index (χ1v) is 7.39. The van der Waals surface area contributed by atoms with Gasteiger partial charge >= 0.3 is 0 Å². The highest BCUT2D eigenvalue weighted by Gasteiger charge is 2.19. The molecule has 0 bridgehead atoms. The summed E-state index contributed by atoms with van der Waals surface area (Å²) < 4.78 is 5.46. The van der Waals surface area contributed by atoms with E-state index in [1.165, 1.54) is 25.9 Å². The molecule has 5 heteroatoms. The molecule has 0 unspecified atom stereocenters. The highest BCUT2D eigenvalue weighted by atomic mass is 16.5. The summed E-state index contributed by atoms with van der Waals surface area (Å²) in [6.45, 7) is 5.95. The summed E-state index contributed by atoms with van der Waals surface area (Å²) in [5, 5.41) is 0. The van der Waals surface area contributed by atoms with E-state index in [0.29, 0.717) is 18.2 Å². The van der Waals surface area contributed by atoms with E-state index in [1.807, 2.05) is 19.1 Å². The van der Waals surface area contributed by atoms with E-state index < -0.39 is 0 Å². The zero-order valence-corrected chi connectivity index (χ0v) is 12.8. The standard InChI is InChI=1S/C15H26N4O/c1-4-20-15-13(16)5-6-14(17-15)19(3)11-12-7-9-18(2)10-8-12/h5-6,12H,4,7-11,16H2,1-3H3. The number of aromatic nitrogens is 1. The van der Waals surface area contributed by atoms with Gasteiger partial charge in [0.1, 0.15) is 5.82 Å². The van der Waals surface area contributed by atoms with Gasteiger partial charge in [0.25, 0.3) is 0 Å². The molecule has 2 N–H and O–H groups in total. The highest BCUT2D eigenvalue weighted by Crippen LogP contribution is 2.24. The normalized spacial score (nSPS) is 17.1. The van der Waals surface area contributed by atoms with Gasteiger partial charge in [-0.15, -0.1) is 0 Å². The minimum atomic E-state index is 0.542. The zero-order chi connectivity index (χ0) is 14.5. The maximum absolute atomic E-state index is 5.86. The molecule has 1 fully saturated rings. The van der Waals surface area contributed by atoms with E-state index >= 15 is 0 Å². The average Bonchev–Trinajstić information content (AvgIpc) is 2.44. The van der Waals surface area contributed by atoms with Crippen molar-refractivity contribution in [1.29, 1.82) is 0 Å². The summed E-state index contributed by atoms with van der Waals surface area (Å²) in [5.74, 6) is 2.22. The van der Waals surface area contributed by atoms with Crippen LogP contribution in [0.1, 0.15) is 19.8 Å². The van der Waals surface area contributed by atoms with Crippen molar-refractivity contribution in [3.05, 3.63) is 12.1 Å². The number of hydrogen-bond acceptors (Lipinski definition) is 5. The van der Waals surface area contributed by atoms with Gasteiger partial charge < -0.3 is 20.3 Å². The fraction of sp³-hybridized carbons (Fsp3) is 0.667. The number of nitrogens with two attached hydrogens (primary N) is 1. The lowest BCUT2D eigenvalue weighted by molar-refractivity contribution is 0.222. The Bertz CT molecular complexity index is 430. The molecule has 0 radical (unpaired) electrons. The average molecular weight is 278 g/mol. The van der Waals surface area contributed by atoms with Gasteiger partial charge in [-0.05, 0) is 58.0 Å². The number of piperidine rings is 1. The van der Waals surface area contributed by atoms with Crippen molar-refractivity contribution in [2.75, 3.05) is 51.0 Å². The maximum atomic E-state index is 5.86. The van der Waals surface area contributed by atoms with Crippen LogP contribution in [0.15, 0.2) is 12.1 Å². The van der Waals surface area contributed by atoms with Crippen LogP contribution in [0.5, 0.6) is 5.88 Å². The van der Waals surface area contributed by atoms with E-state index in [-0.39, 0.29) is 0 Å². The van der Waals surface area contributed by atoms with Gasteiger partial charge in [0.15, 0.2) is 0 Å². The molecule has 2 heterocycles. The number of pyridine rings is 1. The molecule has 1 aromatic rings. The fourth-order valence-electron chi connectivity index (χ4n) is 2.63. The number of ether oxygens (including phenoxy) is 1. The van der Waals surface area contributed by atoms with Crippen molar-refractivity contribution in [3.8, 4) is 5.88 Å².